The zero-order valence-electron chi connectivity index (χ0n) is 11.5. The summed E-state index contributed by atoms with van der Waals surface area (Å²) in [6.45, 7) is 0.328. The third-order valence-corrected chi connectivity index (χ3v) is 3.15. The molecule has 0 aliphatic rings. The quantitative estimate of drug-likeness (QED) is 0.318. The Morgan fingerprint density at radius 2 is 1.76 bits per heavy atom. The average molecular weight is 277 g/mol. The molecule has 3 aromatic rings. The number of para-hydroxylation sites is 1. The molecule has 1 aromatic heterocycles. The molecule has 0 amide bonds. The highest BCUT2D eigenvalue weighted by Crippen LogP contribution is 2.11. The standard InChI is InChI=1S/C17H15N3O/c21-19(13-15-7-2-1-3-8-15)14-16-9-4-5-10-17(16)20-12-6-11-18-20/h1-12,14H,13H2/b19-14-. The van der Waals surface area contributed by atoms with Gasteiger partial charge in [-0.2, -0.15) is 5.10 Å². The Morgan fingerprint density at radius 3 is 2.52 bits per heavy atom. The second kappa shape index (κ2) is 6.05. The van der Waals surface area contributed by atoms with Crippen molar-refractivity contribution >= 4 is 6.21 Å². The van der Waals surface area contributed by atoms with Crippen molar-refractivity contribution in [3.63, 3.8) is 0 Å². The number of benzene rings is 2. The van der Waals surface area contributed by atoms with Crippen LogP contribution in [0.3, 0.4) is 0 Å². The highest BCUT2D eigenvalue weighted by Gasteiger charge is 2.06. The van der Waals surface area contributed by atoms with Gasteiger partial charge in [-0.05, 0) is 18.2 Å². The summed E-state index contributed by atoms with van der Waals surface area (Å²) in [5.41, 5.74) is 2.71. The maximum Gasteiger partial charge on any atom is 0.184 e. The molecular weight excluding hydrogens is 262 g/mol. The van der Waals surface area contributed by atoms with Crippen molar-refractivity contribution in [1.29, 1.82) is 0 Å². The lowest BCUT2D eigenvalue weighted by atomic mass is 10.2. The average Bonchev–Trinajstić information content (AvgIpc) is 3.03. The molecular formula is C17H15N3O. The number of rotatable bonds is 4. The molecule has 0 spiro atoms. The summed E-state index contributed by atoms with van der Waals surface area (Å²) in [6, 6.07) is 19.2. The van der Waals surface area contributed by atoms with Crippen molar-refractivity contribution in [3.8, 4) is 5.69 Å². The molecule has 0 radical (unpaired) electrons. The summed E-state index contributed by atoms with van der Waals surface area (Å²) >= 11 is 0. The van der Waals surface area contributed by atoms with Crippen LogP contribution in [-0.2, 0) is 6.54 Å². The Bertz CT molecular complexity index is 734. The second-order valence-corrected chi connectivity index (χ2v) is 4.70. The molecule has 3 rings (SSSR count). The molecule has 0 unspecified atom stereocenters. The SMILES string of the molecule is [O-]/[N+](=C\c1ccccc1-n1cccn1)Cc1ccccc1. The van der Waals surface area contributed by atoms with Gasteiger partial charge in [-0.15, -0.1) is 0 Å². The molecule has 0 saturated heterocycles. The van der Waals surface area contributed by atoms with Crippen LogP contribution in [0.25, 0.3) is 5.69 Å². The fraction of sp³-hybridized carbons (Fsp3) is 0.0588. The van der Waals surface area contributed by atoms with Gasteiger partial charge in [-0.1, -0.05) is 42.5 Å². The summed E-state index contributed by atoms with van der Waals surface area (Å²) in [4.78, 5) is 0. The van der Waals surface area contributed by atoms with Gasteiger partial charge in [0.2, 0.25) is 0 Å². The summed E-state index contributed by atoms with van der Waals surface area (Å²) in [6.07, 6.45) is 5.18. The van der Waals surface area contributed by atoms with Crippen molar-refractivity contribution in [3.05, 3.63) is 89.4 Å². The first-order valence-corrected chi connectivity index (χ1v) is 6.74. The maximum absolute atomic E-state index is 12.1. The molecule has 1 heterocycles. The van der Waals surface area contributed by atoms with Crippen LogP contribution < -0.4 is 0 Å². The van der Waals surface area contributed by atoms with E-state index in [1.165, 1.54) is 0 Å². The Hall–Kier alpha value is -2.88. The topological polar surface area (TPSA) is 43.9 Å². The first-order valence-electron chi connectivity index (χ1n) is 6.74. The number of hydrogen-bond donors (Lipinski definition) is 0. The Labute approximate surface area is 123 Å². The van der Waals surface area contributed by atoms with E-state index in [1.54, 1.807) is 17.1 Å². The molecule has 21 heavy (non-hydrogen) atoms. The van der Waals surface area contributed by atoms with Crippen LogP contribution in [0.15, 0.2) is 73.1 Å². The van der Waals surface area contributed by atoms with E-state index in [4.69, 9.17) is 0 Å². The van der Waals surface area contributed by atoms with Gasteiger partial charge in [-0.3, -0.25) is 0 Å². The molecule has 0 aliphatic carbocycles. The minimum atomic E-state index is 0.328. The van der Waals surface area contributed by atoms with Crippen molar-refractivity contribution in [2.45, 2.75) is 6.54 Å². The van der Waals surface area contributed by atoms with Gasteiger partial charge < -0.3 is 5.21 Å². The van der Waals surface area contributed by atoms with Crippen LogP contribution in [0.2, 0.25) is 0 Å². The van der Waals surface area contributed by atoms with Gasteiger partial charge >= 0.3 is 0 Å². The van der Waals surface area contributed by atoms with Crippen molar-refractivity contribution in [2.75, 3.05) is 0 Å². The zero-order valence-corrected chi connectivity index (χ0v) is 11.5. The number of nitrogens with zero attached hydrogens (tertiary/aromatic N) is 3. The van der Waals surface area contributed by atoms with Crippen LogP contribution >= 0.6 is 0 Å². The van der Waals surface area contributed by atoms with Crippen LogP contribution in [0, 0.1) is 5.21 Å². The molecule has 0 N–H and O–H groups in total. The molecule has 4 nitrogen and oxygen atoms in total. The fourth-order valence-electron chi connectivity index (χ4n) is 2.18. The van der Waals surface area contributed by atoms with Crippen LogP contribution in [-0.4, -0.2) is 20.7 Å². The largest absolute Gasteiger partial charge is 0.624 e. The zero-order chi connectivity index (χ0) is 14.5. The van der Waals surface area contributed by atoms with E-state index in [2.05, 4.69) is 5.10 Å². The molecule has 4 heteroatoms. The van der Waals surface area contributed by atoms with Crippen molar-refractivity contribution < 1.29 is 4.74 Å². The number of aromatic nitrogens is 2. The fourth-order valence-corrected chi connectivity index (χ4v) is 2.18. The number of hydrogen-bond acceptors (Lipinski definition) is 2. The third-order valence-electron chi connectivity index (χ3n) is 3.15. The van der Waals surface area contributed by atoms with Crippen LogP contribution in [0.4, 0.5) is 0 Å². The first kappa shape index (κ1) is 13.1. The lowest BCUT2D eigenvalue weighted by Crippen LogP contribution is -2.08. The summed E-state index contributed by atoms with van der Waals surface area (Å²) in [7, 11) is 0. The van der Waals surface area contributed by atoms with Crippen molar-refractivity contribution in [2.24, 2.45) is 0 Å². The van der Waals surface area contributed by atoms with E-state index in [0.717, 1.165) is 21.6 Å². The highest BCUT2D eigenvalue weighted by atomic mass is 16.5. The molecule has 0 saturated carbocycles. The third kappa shape index (κ3) is 3.17. The second-order valence-electron chi connectivity index (χ2n) is 4.70. The van der Waals surface area contributed by atoms with Crippen LogP contribution in [0.5, 0.6) is 0 Å². The van der Waals surface area contributed by atoms with Gasteiger partial charge in [0.25, 0.3) is 0 Å². The molecule has 2 aromatic carbocycles. The summed E-state index contributed by atoms with van der Waals surface area (Å²) < 4.78 is 2.69. The van der Waals surface area contributed by atoms with Crippen molar-refractivity contribution in [1.82, 2.24) is 9.78 Å². The van der Waals surface area contributed by atoms with E-state index < -0.39 is 0 Å². The summed E-state index contributed by atoms with van der Waals surface area (Å²) in [5.74, 6) is 0. The lowest BCUT2D eigenvalue weighted by molar-refractivity contribution is -0.469. The summed E-state index contributed by atoms with van der Waals surface area (Å²) in [5, 5.41) is 16.3. The van der Waals surface area contributed by atoms with Gasteiger partial charge in [0.15, 0.2) is 12.8 Å². The minimum absolute atomic E-state index is 0.328. The van der Waals surface area contributed by atoms with Gasteiger partial charge in [-0.25, -0.2) is 9.42 Å². The predicted octanol–water partition coefficient (Wildman–Crippen LogP) is 3.00. The molecule has 104 valence electrons. The molecule has 0 fully saturated rings. The first-order chi connectivity index (χ1) is 10.3. The van der Waals surface area contributed by atoms with Gasteiger partial charge in [0.05, 0.1) is 11.3 Å². The normalized spacial score (nSPS) is 11.5. The Kier molecular flexibility index (Phi) is 3.78. The Balaban J connectivity index is 1.89. The van der Waals surface area contributed by atoms with Crippen LogP contribution in [0.1, 0.15) is 11.1 Å². The van der Waals surface area contributed by atoms with Gasteiger partial charge in [0.1, 0.15) is 0 Å². The number of hydroxylamine groups is 1. The van der Waals surface area contributed by atoms with E-state index in [9.17, 15) is 5.21 Å². The van der Waals surface area contributed by atoms with Gasteiger partial charge in [0, 0.05) is 18.0 Å². The molecule has 0 aliphatic heterocycles. The van der Waals surface area contributed by atoms with E-state index >= 15 is 0 Å². The predicted molar refractivity (Wildman–Crippen MR) is 82.5 cm³/mol. The minimum Gasteiger partial charge on any atom is -0.624 e. The lowest BCUT2D eigenvalue weighted by Gasteiger charge is -2.07. The van der Waals surface area contributed by atoms with E-state index in [-0.39, 0.29) is 0 Å². The smallest absolute Gasteiger partial charge is 0.184 e. The van der Waals surface area contributed by atoms with E-state index in [1.807, 2.05) is 66.9 Å². The molecule has 0 atom stereocenters. The maximum atomic E-state index is 12.1. The molecule has 0 bridgehead atoms. The highest BCUT2D eigenvalue weighted by molar-refractivity contribution is 5.81. The van der Waals surface area contributed by atoms with E-state index in [0.29, 0.717) is 6.54 Å². The monoisotopic (exact) mass is 277 g/mol. The Morgan fingerprint density at radius 1 is 1.00 bits per heavy atom.